The second kappa shape index (κ2) is 6.51. The Balaban J connectivity index is 1.83. The number of benzene rings is 1. The van der Waals surface area contributed by atoms with E-state index in [4.69, 9.17) is 10.9 Å². The van der Waals surface area contributed by atoms with Gasteiger partial charge in [0, 0.05) is 38.3 Å². The van der Waals surface area contributed by atoms with Crippen LogP contribution in [-0.4, -0.2) is 54.2 Å². The molecule has 19 heavy (non-hydrogen) atoms. The summed E-state index contributed by atoms with van der Waals surface area (Å²) in [6, 6.07) is 7.68. The van der Waals surface area contributed by atoms with Crippen molar-refractivity contribution in [2.75, 3.05) is 33.2 Å². The number of hydrogen-bond acceptors (Lipinski definition) is 5. The predicted molar refractivity (Wildman–Crippen MR) is 74.9 cm³/mol. The zero-order chi connectivity index (χ0) is 13.7. The van der Waals surface area contributed by atoms with Crippen molar-refractivity contribution in [1.82, 2.24) is 15.3 Å². The lowest BCUT2D eigenvalue weighted by molar-refractivity contribution is 0.102. The normalized spacial score (nSPS) is 18.7. The third-order valence-electron chi connectivity index (χ3n) is 3.37. The molecule has 0 radical (unpaired) electrons. The number of oxime groups is 1. The second-order valence-electron chi connectivity index (χ2n) is 4.81. The minimum atomic E-state index is 0.138. The molecule has 1 aromatic rings. The standard InChI is InChI=1S/C13H21N5O/c1-17-6-8-18(9-7-17)15-10-11-2-4-12(5-3-11)13(14)16-19/h2-5,15,19H,6-10H2,1H3,(H2,14,16). The van der Waals surface area contributed by atoms with Gasteiger partial charge >= 0.3 is 0 Å². The maximum Gasteiger partial charge on any atom is 0.170 e. The van der Waals surface area contributed by atoms with Gasteiger partial charge in [-0.15, -0.1) is 0 Å². The second-order valence-corrected chi connectivity index (χ2v) is 4.81. The van der Waals surface area contributed by atoms with E-state index >= 15 is 0 Å². The zero-order valence-electron chi connectivity index (χ0n) is 11.2. The van der Waals surface area contributed by atoms with Gasteiger partial charge in [-0.05, 0) is 12.6 Å². The number of hydrogen-bond donors (Lipinski definition) is 3. The van der Waals surface area contributed by atoms with Crippen molar-refractivity contribution in [2.45, 2.75) is 6.54 Å². The molecule has 1 aliphatic heterocycles. The largest absolute Gasteiger partial charge is 0.409 e. The van der Waals surface area contributed by atoms with Gasteiger partial charge in [0.05, 0.1) is 0 Å². The van der Waals surface area contributed by atoms with Crippen molar-refractivity contribution in [3.05, 3.63) is 35.4 Å². The number of rotatable bonds is 4. The van der Waals surface area contributed by atoms with Crippen molar-refractivity contribution in [3.63, 3.8) is 0 Å². The van der Waals surface area contributed by atoms with E-state index in [-0.39, 0.29) is 5.84 Å². The van der Waals surface area contributed by atoms with E-state index in [1.165, 1.54) is 5.56 Å². The molecular formula is C13H21N5O. The molecule has 0 amide bonds. The first-order valence-electron chi connectivity index (χ1n) is 6.43. The van der Waals surface area contributed by atoms with E-state index in [1.54, 1.807) is 0 Å². The highest BCUT2D eigenvalue weighted by molar-refractivity contribution is 5.96. The first-order valence-corrected chi connectivity index (χ1v) is 6.43. The summed E-state index contributed by atoms with van der Waals surface area (Å²) in [5, 5.41) is 13.8. The smallest absolute Gasteiger partial charge is 0.170 e. The number of likely N-dealkylation sites (N-methyl/N-ethyl adjacent to an activating group) is 1. The molecule has 6 nitrogen and oxygen atoms in total. The Hall–Kier alpha value is -1.63. The first kappa shape index (κ1) is 13.8. The van der Waals surface area contributed by atoms with E-state index in [9.17, 15) is 0 Å². The summed E-state index contributed by atoms with van der Waals surface area (Å²) in [7, 11) is 2.14. The van der Waals surface area contributed by atoms with Crippen LogP contribution in [-0.2, 0) is 6.54 Å². The van der Waals surface area contributed by atoms with Gasteiger partial charge in [-0.25, -0.2) is 5.01 Å². The van der Waals surface area contributed by atoms with E-state index in [1.807, 2.05) is 24.3 Å². The Labute approximate surface area is 113 Å². The van der Waals surface area contributed by atoms with Crippen LogP contribution in [0.2, 0.25) is 0 Å². The maximum absolute atomic E-state index is 8.59. The molecule has 0 spiro atoms. The third-order valence-corrected chi connectivity index (χ3v) is 3.37. The highest BCUT2D eigenvalue weighted by atomic mass is 16.4. The minimum absolute atomic E-state index is 0.138. The fourth-order valence-electron chi connectivity index (χ4n) is 2.02. The number of nitrogens with two attached hydrogens (primary N) is 1. The quantitative estimate of drug-likeness (QED) is 0.309. The number of piperazine rings is 1. The Morgan fingerprint density at radius 3 is 2.47 bits per heavy atom. The van der Waals surface area contributed by atoms with Gasteiger partial charge in [0.25, 0.3) is 0 Å². The van der Waals surface area contributed by atoms with Gasteiger partial charge in [0.15, 0.2) is 5.84 Å². The first-order chi connectivity index (χ1) is 9.19. The molecule has 0 aliphatic carbocycles. The highest BCUT2D eigenvalue weighted by Gasteiger charge is 2.12. The molecule has 0 atom stereocenters. The van der Waals surface area contributed by atoms with E-state index < -0.39 is 0 Å². The Morgan fingerprint density at radius 1 is 1.26 bits per heavy atom. The van der Waals surface area contributed by atoms with Crippen LogP contribution < -0.4 is 11.2 Å². The molecule has 4 N–H and O–H groups in total. The van der Waals surface area contributed by atoms with Crippen molar-refractivity contribution >= 4 is 5.84 Å². The average molecular weight is 263 g/mol. The van der Waals surface area contributed by atoms with Crippen molar-refractivity contribution in [2.24, 2.45) is 10.9 Å². The predicted octanol–water partition coefficient (Wildman–Crippen LogP) is 0.0331. The summed E-state index contributed by atoms with van der Waals surface area (Å²) in [5.74, 6) is 0.138. The summed E-state index contributed by atoms with van der Waals surface area (Å²) >= 11 is 0. The summed E-state index contributed by atoms with van der Waals surface area (Å²) in [4.78, 5) is 2.32. The molecule has 1 aliphatic rings. The van der Waals surface area contributed by atoms with Crippen molar-refractivity contribution in [3.8, 4) is 0 Å². The maximum atomic E-state index is 8.59. The van der Waals surface area contributed by atoms with Crippen LogP contribution in [0.5, 0.6) is 0 Å². The lowest BCUT2D eigenvalue weighted by Gasteiger charge is -2.32. The fourth-order valence-corrected chi connectivity index (χ4v) is 2.02. The fraction of sp³-hybridized carbons (Fsp3) is 0.462. The lowest BCUT2D eigenvalue weighted by Crippen LogP contribution is -2.50. The van der Waals surface area contributed by atoms with Gasteiger partial charge in [0.1, 0.15) is 0 Å². The van der Waals surface area contributed by atoms with Crippen molar-refractivity contribution < 1.29 is 5.21 Å². The van der Waals surface area contributed by atoms with Crippen LogP contribution in [0, 0.1) is 0 Å². The van der Waals surface area contributed by atoms with E-state index in [0.717, 1.165) is 38.3 Å². The van der Waals surface area contributed by atoms with Crippen LogP contribution in [0.3, 0.4) is 0 Å². The molecule has 1 fully saturated rings. The zero-order valence-corrected chi connectivity index (χ0v) is 11.2. The number of nitrogens with one attached hydrogen (secondary N) is 1. The van der Waals surface area contributed by atoms with Crippen LogP contribution in [0.15, 0.2) is 29.4 Å². The van der Waals surface area contributed by atoms with Crippen LogP contribution in [0.25, 0.3) is 0 Å². The Kier molecular flexibility index (Phi) is 4.73. The summed E-state index contributed by atoms with van der Waals surface area (Å²) in [6.07, 6.45) is 0. The Bertz CT molecular complexity index is 423. The van der Waals surface area contributed by atoms with Gasteiger partial charge in [0.2, 0.25) is 0 Å². The molecule has 1 aromatic carbocycles. The van der Waals surface area contributed by atoms with E-state index in [2.05, 4.69) is 27.5 Å². The molecule has 2 rings (SSSR count). The molecular weight excluding hydrogens is 242 g/mol. The lowest BCUT2D eigenvalue weighted by atomic mass is 10.1. The van der Waals surface area contributed by atoms with Crippen molar-refractivity contribution in [1.29, 1.82) is 0 Å². The summed E-state index contributed by atoms with van der Waals surface area (Å²) in [5.41, 5.74) is 10.8. The van der Waals surface area contributed by atoms with E-state index in [0.29, 0.717) is 0 Å². The van der Waals surface area contributed by atoms with Crippen LogP contribution >= 0.6 is 0 Å². The monoisotopic (exact) mass is 263 g/mol. The number of amidine groups is 1. The molecule has 0 saturated carbocycles. The molecule has 1 heterocycles. The van der Waals surface area contributed by atoms with Gasteiger partial charge < -0.3 is 15.8 Å². The number of nitrogens with zero attached hydrogens (tertiary/aromatic N) is 3. The van der Waals surface area contributed by atoms with Crippen LogP contribution in [0.1, 0.15) is 11.1 Å². The van der Waals surface area contributed by atoms with Gasteiger partial charge in [-0.1, -0.05) is 29.4 Å². The number of hydrazine groups is 1. The summed E-state index contributed by atoms with van der Waals surface area (Å²) in [6.45, 7) is 5.06. The molecule has 0 aromatic heterocycles. The van der Waals surface area contributed by atoms with Gasteiger partial charge in [-0.2, -0.15) is 0 Å². The Morgan fingerprint density at radius 2 is 1.89 bits per heavy atom. The molecule has 0 unspecified atom stereocenters. The third kappa shape index (κ3) is 3.92. The molecule has 104 valence electrons. The SMILES string of the molecule is CN1CCN(NCc2ccc(/C(N)=N/O)cc2)CC1. The van der Waals surface area contributed by atoms with Gasteiger partial charge in [-0.3, -0.25) is 5.43 Å². The summed E-state index contributed by atoms with van der Waals surface area (Å²) < 4.78 is 0. The highest BCUT2D eigenvalue weighted by Crippen LogP contribution is 2.05. The molecule has 0 bridgehead atoms. The molecule has 6 heteroatoms. The topological polar surface area (TPSA) is 77.1 Å². The molecule has 1 saturated heterocycles. The average Bonchev–Trinajstić information content (AvgIpc) is 2.46. The van der Waals surface area contributed by atoms with Crippen LogP contribution in [0.4, 0.5) is 0 Å². The minimum Gasteiger partial charge on any atom is -0.409 e.